The molecular weight excluding hydrogens is 212 g/mol. The van der Waals surface area contributed by atoms with E-state index in [2.05, 4.69) is 29.2 Å². The van der Waals surface area contributed by atoms with E-state index in [-0.39, 0.29) is 0 Å². The quantitative estimate of drug-likeness (QED) is 0.833. The number of H-pyrrole nitrogens is 1. The van der Waals surface area contributed by atoms with Crippen LogP contribution in [-0.2, 0) is 11.3 Å². The number of ether oxygens (including phenoxy) is 1. The van der Waals surface area contributed by atoms with Crippen molar-refractivity contribution in [2.75, 3.05) is 13.2 Å². The fourth-order valence-electron chi connectivity index (χ4n) is 2.56. The largest absolute Gasteiger partial charge is 0.381 e. The van der Waals surface area contributed by atoms with E-state index >= 15 is 0 Å². The van der Waals surface area contributed by atoms with Gasteiger partial charge in [-0.2, -0.15) is 0 Å². The van der Waals surface area contributed by atoms with Crippen molar-refractivity contribution in [2.45, 2.75) is 25.3 Å². The molecule has 1 saturated heterocycles. The van der Waals surface area contributed by atoms with Gasteiger partial charge in [-0.25, -0.2) is 0 Å². The normalized spacial score (nSPS) is 17.7. The Bertz CT molecular complexity index is 512. The molecule has 17 heavy (non-hydrogen) atoms. The summed E-state index contributed by atoms with van der Waals surface area (Å²) in [6.45, 7) is 2.37. The number of hydrogen-bond donors (Lipinski definition) is 2. The zero-order valence-corrected chi connectivity index (χ0v) is 9.91. The van der Waals surface area contributed by atoms with Gasteiger partial charge in [0.25, 0.3) is 0 Å². The Morgan fingerprint density at radius 3 is 2.82 bits per heavy atom. The Hall–Kier alpha value is -1.32. The summed E-state index contributed by atoms with van der Waals surface area (Å²) in [6.07, 6.45) is 2.24. The van der Waals surface area contributed by atoms with Crippen molar-refractivity contribution in [3.05, 3.63) is 35.5 Å². The maximum atomic E-state index is 5.66. The van der Waals surface area contributed by atoms with Gasteiger partial charge in [0, 0.05) is 36.9 Å². The van der Waals surface area contributed by atoms with E-state index in [4.69, 9.17) is 10.5 Å². The van der Waals surface area contributed by atoms with Gasteiger partial charge in [-0.3, -0.25) is 0 Å². The van der Waals surface area contributed by atoms with Crippen LogP contribution in [0.25, 0.3) is 10.9 Å². The first-order valence-electron chi connectivity index (χ1n) is 6.26. The molecule has 1 aromatic carbocycles. The lowest BCUT2D eigenvalue weighted by Crippen LogP contribution is -2.14. The zero-order chi connectivity index (χ0) is 11.7. The molecule has 3 rings (SSSR count). The van der Waals surface area contributed by atoms with Crippen LogP contribution in [0.5, 0.6) is 0 Å². The second-order valence-corrected chi connectivity index (χ2v) is 4.74. The summed E-state index contributed by atoms with van der Waals surface area (Å²) in [7, 11) is 0. The van der Waals surface area contributed by atoms with Gasteiger partial charge in [0.1, 0.15) is 0 Å². The number of nitrogens with two attached hydrogens (primary N) is 1. The fourth-order valence-corrected chi connectivity index (χ4v) is 2.56. The standard InChI is InChI=1S/C14H18N2O/c15-9-10-1-2-13-12(7-10)8-14(16-13)11-3-5-17-6-4-11/h1-2,7-8,11,16H,3-6,9,15H2. The van der Waals surface area contributed by atoms with Gasteiger partial charge >= 0.3 is 0 Å². The third-order valence-corrected chi connectivity index (χ3v) is 3.60. The average Bonchev–Trinajstić information content (AvgIpc) is 2.82. The van der Waals surface area contributed by atoms with Crippen molar-refractivity contribution in [1.29, 1.82) is 0 Å². The number of benzene rings is 1. The third kappa shape index (κ3) is 2.08. The van der Waals surface area contributed by atoms with Crippen molar-refractivity contribution >= 4 is 10.9 Å². The van der Waals surface area contributed by atoms with E-state index in [0.29, 0.717) is 12.5 Å². The molecule has 1 aliphatic heterocycles. The third-order valence-electron chi connectivity index (χ3n) is 3.60. The Labute approximate surface area is 101 Å². The molecule has 0 aliphatic carbocycles. The van der Waals surface area contributed by atoms with Gasteiger partial charge in [-0.1, -0.05) is 6.07 Å². The second-order valence-electron chi connectivity index (χ2n) is 4.74. The summed E-state index contributed by atoms with van der Waals surface area (Å²) in [5.74, 6) is 0.623. The molecule has 2 heterocycles. The Kier molecular flexibility index (Phi) is 2.87. The lowest BCUT2D eigenvalue weighted by atomic mass is 9.96. The molecule has 0 amide bonds. The highest BCUT2D eigenvalue weighted by atomic mass is 16.5. The summed E-state index contributed by atoms with van der Waals surface area (Å²) in [5, 5.41) is 1.27. The van der Waals surface area contributed by atoms with Crippen LogP contribution in [0.4, 0.5) is 0 Å². The van der Waals surface area contributed by atoms with Crippen LogP contribution in [0.15, 0.2) is 24.3 Å². The Morgan fingerprint density at radius 1 is 1.24 bits per heavy atom. The lowest BCUT2D eigenvalue weighted by molar-refractivity contribution is 0.0846. The van der Waals surface area contributed by atoms with Crippen molar-refractivity contribution < 1.29 is 4.74 Å². The molecule has 1 aromatic heterocycles. The summed E-state index contributed by atoms with van der Waals surface area (Å²) in [6, 6.07) is 8.66. The van der Waals surface area contributed by atoms with E-state index in [1.807, 2.05) is 0 Å². The van der Waals surface area contributed by atoms with E-state index in [1.54, 1.807) is 0 Å². The smallest absolute Gasteiger partial charge is 0.0472 e. The van der Waals surface area contributed by atoms with E-state index in [1.165, 1.54) is 22.2 Å². The molecule has 1 fully saturated rings. The molecule has 0 unspecified atom stereocenters. The van der Waals surface area contributed by atoms with Crippen molar-refractivity contribution in [3.63, 3.8) is 0 Å². The fraction of sp³-hybridized carbons (Fsp3) is 0.429. The van der Waals surface area contributed by atoms with Crippen LogP contribution >= 0.6 is 0 Å². The summed E-state index contributed by atoms with van der Waals surface area (Å²) < 4.78 is 5.40. The highest BCUT2D eigenvalue weighted by molar-refractivity contribution is 5.81. The molecular formula is C14H18N2O. The van der Waals surface area contributed by atoms with E-state index in [0.717, 1.165) is 26.1 Å². The van der Waals surface area contributed by atoms with E-state index < -0.39 is 0 Å². The second kappa shape index (κ2) is 4.51. The van der Waals surface area contributed by atoms with Crippen LogP contribution in [0.1, 0.15) is 30.0 Å². The summed E-state index contributed by atoms with van der Waals surface area (Å²) in [4.78, 5) is 3.52. The molecule has 2 aromatic rings. The van der Waals surface area contributed by atoms with Crippen LogP contribution in [0.3, 0.4) is 0 Å². The molecule has 0 spiro atoms. The molecule has 3 heteroatoms. The molecule has 1 aliphatic rings. The van der Waals surface area contributed by atoms with Crippen molar-refractivity contribution in [2.24, 2.45) is 5.73 Å². The van der Waals surface area contributed by atoms with Gasteiger partial charge in [0.2, 0.25) is 0 Å². The predicted octanol–water partition coefficient (Wildman–Crippen LogP) is 2.52. The molecule has 0 saturated carbocycles. The minimum absolute atomic E-state index is 0.605. The van der Waals surface area contributed by atoms with Gasteiger partial charge in [-0.05, 0) is 42.0 Å². The van der Waals surface area contributed by atoms with Crippen LogP contribution in [0, 0.1) is 0 Å². The summed E-state index contributed by atoms with van der Waals surface area (Å²) >= 11 is 0. The number of nitrogens with one attached hydrogen (secondary N) is 1. The molecule has 90 valence electrons. The van der Waals surface area contributed by atoms with Crippen LogP contribution < -0.4 is 5.73 Å². The zero-order valence-electron chi connectivity index (χ0n) is 9.91. The number of aromatic amines is 1. The first-order chi connectivity index (χ1) is 8.36. The van der Waals surface area contributed by atoms with E-state index in [9.17, 15) is 0 Å². The minimum atomic E-state index is 0.605. The first-order valence-corrected chi connectivity index (χ1v) is 6.26. The maximum Gasteiger partial charge on any atom is 0.0472 e. The van der Waals surface area contributed by atoms with Crippen LogP contribution in [-0.4, -0.2) is 18.2 Å². The first kappa shape index (κ1) is 10.8. The molecule has 3 N–H and O–H groups in total. The number of fused-ring (bicyclic) bond motifs is 1. The lowest BCUT2D eigenvalue weighted by Gasteiger charge is -2.20. The van der Waals surface area contributed by atoms with Crippen LogP contribution in [0.2, 0.25) is 0 Å². The molecule has 3 nitrogen and oxygen atoms in total. The molecule has 0 radical (unpaired) electrons. The predicted molar refractivity (Wildman–Crippen MR) is 69.0 cm³/mol. The number of hydrogen-bond acceptors (Lipinski definition) is 2. The average molecular weight is 230 g/mol. The highest BCUT2D eigenvalue weighted by Crippen LogP contribution is 2.29. The van der Waals surface area contributed by atoms with Crippen molar-refractivity contribution in [1.82, 2.24) is 4.98 Å². The van der Waals surface area contributed by atoms with Gasteiger partial charge in [0.15, 0.2) is 0 Å². The van der Waals surface area contributed by atoms with Gasteiger partial charge in [-0.15, -0.1) is 0 Å². The summed E-state index contributed by atoms with van der Waals surface area (Å²) in [5.41, 5.74) is 9.41. The SMILES string of the molecule is NCc1ccc2[nH]c(C3CCOCC3)cc2c1. The Balaban J connectivity index is 1.95. The Morgan fingerprint density at radius 2 is 2.06 bits per heavy atom. The van der Waals surface area contributed by atoms with Gasteiger partial charge < -0.3 is 15.5 Å². The monoisotopic (exact) mass is 230 g/mol. The maximum absolute atomic E-state index is 5.66. The van der Waals surface area contributed by atoms with Gasteiger partial charge in [0.05, 0.1) is 0 Å². The highest BCUT2D eigenvalue weighted by Gasteiger charge is 2.17. The topological polar surface area (TPSA) is 51.0 Å². The molecule has 0 atom stereocenters. The molecule has 0 bridgehead atoms. The minimum Gasteiger partial charge on any atom is -0.381 e. The van der Waals surface area contributed by atoms with Crippen molar-refractivity contribution in [3.8, 4) is 0 Å². The number of rotatable bonds is 2. The number of aromatic nitrogens is 1.